The van der Waals surface area contributed by atoms with Crippen LogP contribution in [0.4, 0.5) is 0 Å². The number of rotatable bonds is 0. The number of hydrogen-bond donors (Lipinski definition) is 1. The summed E-state index contributed by atoms with van der Waals surface area (Å²) in [5.74, 6) is 0.242. The van der Waals surface area contributed by atoms with Gasteiger partial charge in [-0.15, -0.1) is 0 Å². The lowest BCUT2D eigenvalue weighted by molar-refractivity contribution is -0.113. The number of nitrogens with one attached hydrogen (secondary N) is 1. The highest BCUT2D eigenvalue weighted by atomic mass is 16.1. The number of carbonyl (C=O) groups excluding carboxylic acids is 1. The van der Waals surface area contributed by atoms with E-state index in [9.17, 15) is 4.79 Å². The Balaban J connectivity index is 0.000000336. The SMILES string of the molecule is CC.O=C1CNC2=CCCC=C12. The van der Waals surface area contributed by atoms with Crippen molar-refractivity contribution in [2.75, 3.05) is 6.54 Å². The van der Waals surface area contributed by atoms with Crippen LogP contribution in [0, 0.1) is 0 Å². The van der Waals surface area contributed by atoms with Gasteiger partial charge in [0.05, 0.1) is 6.54 Å². The van der Waals surface area contributed by atoms with E-state index in [0.717, 1.165) is 24.1 Å². The van der Waals surface area contributed by atoms with Gasteiger partial charge >= 0.3 is 0 Å². The second kappa shape index (κ2) is 4.10. The molecule has 1 saturated heterocycles. The van der Waals surface area contributed by atoms with Crippen LogP contribution in [0.1, 0.15) is 26.7 Å². The standard InChI is InChI=1S/C8H9NO.C2H6/c10-8-5-9-7-4-2-1-3-6(7)8;1-2/h3-4,9H,1-2,5H2;1-2H3. The molecule has 0 aromatic heterocycles. The van der Waals surface area contributed by atoms with Crippen molar-refractivity contribution >= 4 is 5.78 Å². The van der Waals surface area contributed by atoms with E-state index in [1.165, 1.54) is 0 Å². The van der Waals surface area contributed by atoms with Gasteiger partial charge < -0.3 is 5.32 Å². The summed E-state index contributed by atoms with van der Waals surface area (Å²) in [6.45, 7) is 4.50. The molecule has 0 spiro atoms. The van der Waals surface area contributed by atoms with Gasteiger partial charge in [0.15, 0.2) is 5.78 Å². The molecule has 1 fully saturated rings. The Morgan fingerprint density at radius 2 is 1.92 bits per heavy atom. The first kappa shape index (κ1) is 9.04. The minimum atomic E-state index is 0.242. The predicted octanol–water partition coefficient (Wildman–Crippen LogP) is 1.79. The van der Waals surface area contributed by atoms with Crippen molar-refractivity contribution < 1.29 is 4.79 Å². The lowest BCUT2D eigenvalue weighted by Gasteiger charge is -2.04. The molecular weight excluding hydrogens is 150 g/mol. The van der Waals surface area contributed by atoms with Crippen LogP contribution in [0.3, 0.4) is 0 Å². The summed E-state index contributed by atoms with van der Waals surface area (Å²) in [7, 11) is 0. The second-order valence-corrected chi connectivity index (χ2v) is 2.59. The molecule has 2 nitrogen and oxygen atoms in total. The molecule has 0 radical (unpaired) electrons. The monoisotopic (exact) mass is 165 g/mol. The first-order chi connectivity index (χ1) is 5.88. The summed E-state index contributed by atoms with van der Waals surface area (Å²) in [6.07, 6.45) is 6.21. The zero-order valence-corrected chi connectivity index (χ0v) is 7.68. The maximum Gasteiger partial charge on any atom is 0.183 e. The van der Waals surface area contributed by atoms with Gasteiger partial charge in [0.1, 0.15) is 0 Å². The fourth-order valence-corrected chi connectivity index (χ4v) is 1.38. The molecule has 0 unspecified atom stereocenters. The van der Waals surface area contributed by atoms with E-state index in [0.29, 0.717) is 6.54 Å². The van der Waals surface area contributed by atoms with Crippen LogP contribution in [0.15, 0.2) is 23.4 Å². The predicted molar refractivity (Wildman–Crippen MR) is 49.8 cm³/mol. The smallest absolute Gasteiger partial charge is 0.183 e. The van der Waals surface area contributed by atoms with Crippen molar-refractivity contribution in [3.63, 3.8) is 0 Å². The molecule has 1 heterocycles. The van der Waals surface area contributed by atoms with Crippen molar-refractivity contribution in [2.45, 2.75) is 26.7 Å². The Bertz CT molecular complexity index is 238. The zero-order valence-electron chi connectivity index (χ0n) is 7.68. The Labute approximate surface area is 73.4 Å². The van der Waals surface area contributed by atoms with E-state index < -0.39 is 0 Å². The molecular formula is C10H15NO. The maximum atomic E-state index is 11.0. The summed E-state index contributed by atoms with van der Waals surface area (Å²) in [4.78, 5) is 11.0. The van der Waals surface area contributed by atoms with Gasteiger partial charge in [0, 0.05) is 11.3 Å². The van der Waals surface area contributed by atoms with E-state index in [1.54, 1.807) is 0 Å². The van der Waals surface area contributed by atoms with Crippen molar-refractivity contribution in [1.29, 1.82) is 0 Å². The van der Waals surface area contributed by atoms with Gasteiger partial charge in [0.2, 0.25) is 0 Å². The number of fused-ring (bicyclic) bond motifs is 1. The molecule has 2 rings (SSSR count). The summed E-state index contributed by atoms with van der Waals surface area (Å²) in [5, 5.41) is 3.05. The van der Waals surface area contributed by atoms with Crippen LogP contribution in [-0.2, 0) is 4.79 Å². The summed E-state index contributed by atoms with van der Waals surface area (Å²) in [6, 6.07) is 0. The quantitative estimate of drug-likeness (QED) is 0.593. The van der Waals surface area contributed by atoms with Crippen molar-refractivity contribution in [3.8, 4) is 0 Å². The zero-order chi connectivity index (χ0) is 8.97. The Morgan fingerprint density at radius 3 is 2.58 bits per heavy atom. The molecule has 0 atom stereocenters. The van der Waals surface area contributed by atoms with Gasteiger partial charge in [-0.3, -0.25) is 4.79 Å². The number of carbonyl (C=O) groups is 1. The third-order valence-corrected chi connectivity index (χ3v) is 1.89. The van der Waals surface area contributed by atoms with E-state index in [-0.39, 0.29) is 5.78 Å². The van der Waals surface area contributed by atoms with Crippen LogP contribution in [-0.4, -0.2) is 12.3 Å². The van der Waals surface area contributed by atoms with Gasteiger partial charge in [-0.1, -0.05) is 26.0 Å². The summed E-state index contributed by atoms with van der Waals surface area (Å²) in [5.41, 5.74) is 1.96. The largest absolute Gasteiger partial charge is 0.377 e. The van der Waals surface area contributed by atoms with Gasteiger partial charge in [0.25, 0.3) is 0 Å². The number of hydrogen-bond acceptors (Lipinski definition) is 2. The fraction of sp³-hybridized carbons (Fsp3) is 0.500. The molecule has 0 saturated carbocycles. The Morgan fingerprint density at radius 1 is 1.25 bits per heavy atom. The first-order valence-corrected chi connectivity index (χ1v) is 4.56. The third-order valence-electron chi connectivity index (χ3n) is 1.89. The molecule has 0 amide bonds. The van der Waals surface area contributed by atoms with E-state index in [2.05, 4.69) is 11.4 Å². The molecule has 2 heteroatoms. The minimum Gasteiger partial charge on any atom is -0.377 e. The number of Topliss-reactive ketones (excluding diaryl/α,β-unsaturated/α-hetero) is 1. The van der Waals surface area contributed by atoms with E-state index >= 15 is 0 Å². The molecule has 1 aliphatic carbocycles. The van der Waals surface area contributed by atoms with E-state index in [1.807, 2.05) is 19.9 Å². The highest BCUT2D eigenvalue weighted by molar-refractivity contribution is 6.04. The van der Waals surface area contributed by atoms with Crippen molar-refractivity contribution in [1.82, 2.24) is 5.32 Å². The molecule has 1 aliphatic heterocycles. The topological polar surface area (TPSA) is 29.1 Å². The lowest BCUT2D eigenvalue weighted by Crippen LogP contribution is -2.06. The Kier molecular flexibility index (Phi) is 3.09. The first-order valence-electron chi connectivity index (χ1n) is 4.56. The summed E-state index contributed by atoms with van der Waals surface area (Å²) < 4.78 is 0. The van der Waals surface area contributed by atoms with Gasteiger partial charge in [-0.2, -0.15) is 0 Å². The van der Waals surface area contributed by atoms with Crippen LogP contribution in [0.5, 0.6) is 0 Å². The van der Waals surface area contributed by atoms with Gasteiger partial charge in [-0.25, -0.2) is 0 Å². The second-order valence-electron chi connectivity index (χ2n) is 2.59. The molecule has 1 N–H and O–H groups in total. The van der Waals surface area contributed by atoms with Gasteiger partial charge in [-0.05, 0) is 12.8 Å². The average Bonchev–Trinajstić information content (AvgIpc) is 2.53. The van der Waals surface area contributed by atoms with Crippen molar-refractivity contribution in [3.05, 3.63) is 23.4 Å². The third kappa shape index (κ3) is 1.58. The average molecular weight is 165 g/mol. The fourth-order valence-electron chi connectivity index (χ4n) is 1.38. The molecule has 0 aromatic carbocycles. The molecule has 0 bridgehead atoms. The van der Waals surface area contributed by atoms with Crippen molar-refractivity contribution in [2.24, 2.45) is 0 Å². The highest BCUT2D eigenvalue weighted by Crippen LogP contribution is 2.20. The van der Waals surface area contributed by atoms with Crippen LogP contribution < -0.4 is 5.32 Å². The van der Waals surface area contributed by atoms with Crippen LogP contribution in [0.25, 0.3) is 0 Å². The molecule has 12 heavy (non-hydrogen) atoms. The molecule has 66 valence electrons. The normalized spacial score (nSPS) is 19.7. The Hall–Kier alpha value is -1.05. The minimum absolute atomic E-state index is 0.242. The lowest BCUT2D eigenvalue weighted by atomic mass is 10.0. The number of allylic oxidation sites excluding steroid dienone is 3. The van der Waals surface area contributed by atoms with E-state index in [4.69, 9.17) is 0 Å². The highest BCUT2D eigenvalue weighted by Gasteiger charge is 2.22. The maximum absolute atomic E-state index is 11.0. The van der Waals surface area contributed by atoms with Crippen LogP contribution in [0.2, 0.25) is 0 Å². The van der Waals surface area contributed by atoms with Crippen LogP contribution >= 0.6 is 0 Å². The molecule has 2 aliphatic rings. The molecule has 0 aromatic rings. The number of ketones is 1. The summed E-state index contributed by atoms with van der Waals surface area (Å²) >= 11 is 0.